The van der Waals surface area contributed by atoms with Gasteiger partial charge >= 0.3 is 6.03 Å². The van der Waals surface area contributed by atoms with Crippen molar-refractivity contribution >= 4 is 6.03 Å². The number of piperidine rings is 1. The Morgan fingerprint density at radius 2 is 2.17 bits per heavy atom. The van der Waals surface area contributed by atoms with Crippen LogP contribution in [0.15, 0.2) is 6.33 Å². The Hall–Kier alpha value is -1.67. The Morgan fingerprint density at radius 3 is 2.87 bits per heavy atom. The van der Waals surface area contributed by atoms with Gasteiger partial charge in [0.1, 0.15) is 12.2 Å². The summed E-state index contributed by atoms with van der Waals surface area (Å²) in [6.07, 6.45) is 3.75. The van der Waals surface area contributed by atoms with E-state index in [9.17, 15) is 4.79 Å². The van der Waals surface area contributed by atoms with Crippen LogP contribution in [0.1, 0.15) is 18.7 Å². The highest BCUT2D eigenvalue weighted by Gasteiger charge is 2.29. The fraction of sp³-hybridized carbons (Fsp3) is 0.800. The van der Waals surface area contributed by atoms with Gasteiger partial charge in [0.05, 0.1) is 19.8 Å². The molecule has 0 saturated carbocycles. The first kappa shape index (κ1) is 16.2. The van der Waals surface area contributed by atoms with Gasteiger partial charge in [0.25, 0.3) is 0 Å². The third-order valence-electron chi connectivity index (χ3n) is 4.78. The van der Waals surface area contributed by atoms with Gasteiger partial charge in [-0.25, -0.2) is 9.78 Å². The van der Waals surface area contributed by atoms with E-state index < -0.39 is 0 Å². The highest BCUT2D eigenvalue weighted by Crippen LogP contribution is 2.18. The van der Waals surface area contributed by atoms with Gasteiger partial charge < -0.3 is 14.5 Å². The number of hydrogen-bond donors (Lipinski definition) is 0. The van der Waals surface area contributed by atoms with Gasteiger partial charge in [-0.3, -0.25) is 9.58 Å². The molecule has 1 atom stereocenters. The zero-order valence-electron chi connectivity index (χ0n) is 14.0. The van der Waals surface area contributed by atoms with Gasteiger partial charge in [-0.1, -0.05) is 0 Å². The smallest absolute Gasteiger partial charge is 0.320 e. The SMILES string of the molecule is CN(C(=O)N1CCOCC1)C1CCCN(Cc2ncnn2C)C1. The van der Waals surface area contributed by atoms with Crippen LogP contribution < -0.4 is 0 Å². The van der Waals surface area contributed by atoms with E-state index in [-0.39, 0.29) is 12.1 Å². The lowest BCUT2D eigenvalue weighted by molar-refractivity contribution is 0.0363. The van der Waals surface area contributed by atoms with Crippen LogP contribution in [0, 0.1) is 0 Å². The number of aryl methyl sites for hydroxylation is 1. The number of nitrogens with zero attached hydrogens (tertiary/aromatic N) is 6. The number of carbonyl (C=O) groups excluding carboxylic acids is 1. The van der Waals surface area contributed by atoms with Crippen molar-refractivity contribution in [2.24, 2.45) is 7.05 Å². The molecule has 1 unspecified atom stereocenters. The summed E-state index contributed by atoms with van der Waals surface area (Å²) in [5.41, 5.74) is 0. The summed E-state index contributed by atoms with van der Waals surface area (Å²) in [7, 11) is 3.84. The second-order valence-electron chi connectivity index (χ2n) is 6.32. The summed E-state index contributed by atoms with van der Waals surface area (Å²) in [5, 5.41) is 4.12. The van der Waals surface area contributed by atoms with Crippen molar-refractivity contribution in [3.63, 3.8) is 0 Å². The quantitative estimate of drug-likeness (QED) is 0.793. The molecule has 23 heavy (non-hydrogen) atoms. The Labute approximate surface area is 137 Å². The van der Waals surface area contributed by atoms with Gasteiger partial charge in [-0.05, 0) is 19.4 Å². The number of likely N-dealkylation sites (N-methyl/N-ethyl adjacent to an activating group) is 1. The average Bonchev–Trinajstić information content (AvgIpc) is 2.99. The summed E-state index contributed by atoms with van der Waals surface area (Å²) < 4.78 is 7.14. The predicted octanol–water partition coefficient (Wildman–Crippen LogP) is 0.164. The number of likely N-dealkylation sites (tertiary alicyclic amines) is 1. The molecule has 8 heteroatoms. The Bertz CT molecular complexity index is 528. The molecular weight excluding hydrogens is 296 g/mol. The summed E-state index contributed by atoms with van der Waals surface area (Å²) in [6.45, 7) is 5.39. The summed E-state index contributed by atoms with van der Waals surface area (Å²) in [5.74, 6) is 0.966. The molecule has 2 aliphatic rings. The first-order chi connectivity index (χ1) is 11.1. The Kier molecular flexibility index (Phi) is 5.12. The number of morpholine rings is 1. The second kappa shape index (κ2) is 7.27. The van der Waals surface area contributed by atoms with Crippen molar-refractivity contribution in [2.45, 2.75) is 25.4 Å². The average molecular weight is 322 g/mol. The lowest BCUT2D eigenvalue weighted by Gasteiger charge is -2.40. The highest BCUT2D eigenvalue weighted by atomic mass is 16.5. The van der Waals surface area contributed by atoms with E-state index in [4.69, 9.17) is 4.74 Å². The molecule has 1 aromatic heterocycles. The molecule has 1 aromatic rings. The van der Waals surface area contributed by atoms with E-state index in [1.807, 2.05) is 28.6 Å². The van der Waals surface area contributed by atoms with Gasteiger partial charge in [-0.15, -0.1) is 0 Å². The zero-order chi connectivity index (χ0) is 16.2. The molecule has 2 amide bonds. The van der Waals surface area contributed by atoms with E-state index in [1.165, 1.54) is 0 Å². The van der Waals surface area contributed by atoms with Crippen molar-refractivity contribution in [3.05, 3.63) is 12.2 Å². The molecule has 128 valence electrons. The molecule has 0 radical (unpaired) electrons. The lowest BCUT2D eigenvalue weighted by Crippen LogP contribution is -2.54. The number of hydrogen-bond acceptors (Lipinski definition) is 5. The van der Waals surface area contributed by atoms with Crippen LogP contribution >= 0.6 is 0 Å². The van der Waals surface area contributed by atoms with Crippen LogP contribution in [0.2, 0.25) is 0 Å². The molecule has 3 rings (SSSR count). The minimum atomic E-state index is 0.124. The van der Waals surface area contributed by atoms with Gasteiger partial charge in [-0.2, -0.15) is 5.10 Å². The predicted molar refractivity (Wildman–Crippen MR) is 84.9 cm³/mol. The first-order valence-electron chi connectivity index (χ1n) is 8.30. The number of amides is 2. The maximum atomic E-state index is 12.6. The summed E-state index contributed by atoms with van der Waals surface area (Å²) in [4.78, 5) is 23.1. The topological polar surface area (TPSA) is 66.7 Å². The standard InChI is InChI=1S/C15H26N6O2/c1-18(15(22)21-6-8-23-9-7-21)13-4-3-5-20(10-13)11-14-16-12-17-19(14)2/h12-13H,3-11H2,1-2H3. The summed E-state index contributed by atoms with van der Waals surface area (Å²) >= 11 is 0. The second-order valence-corrected chi connectivity index (χ2v) is 6.32. The first-order valence-corrected chi connectivity index (χ1v) is 8.30. The molecule has 0 aliphatic carbocycles. The third-order valence-corrected chi connectivity index (χ3v) is 4.78. The van der Waals surface area contributed by atoms with E-state index in [1.54, 1.807) is 6.33 Å². The van der Waals surface area contributed by atoms with Gasteiger partial charge in [0.15, 0.2) is 0 Å². The van der Waals surface area contributed by atoms with E-state index in [0.717, 1.165) is 38.3 Å². The molecule has 2 aliphatic heterocycles. The number of rotatable bonds is 3. The molecule has 0 N–H and O–H groups in total. The monoisotopic (exact) mass is 322 g/mol. The molecule has 2 saturated heterocycles. The van der Waals surface area contributed by atoms with Crippen LogP contribution in [-0.4, -0.2) is 88.0 Å². The van der Waals surface area contributed by atoms with Crippen LogP contribution in [0.25, 0.3) is 0 Å². The number of carbonyl (C=O) groups is 1. The maximum Gasteiger partial charge on any atom is 0.320 e. The van der Waals surface area contributed by atoms with E-state index >= 15 is 0 Å². The van der Waals surface area contributed by atoms with Crippen molar-refractivity contribution < 1.29 is 9.53 Å². The molecule has 3 heterocycles. The summed E-state index contributed by atoms with van der Waals surface area (Å²) in [6, 6.07) is 0.381. The van der Waals surface area contributed by atoms with Crippen LogP contribution in [0.4, 0.5) is 4.79 Å². The van der Waals surface area contributed by atoms with E-state index in [0.29, 0.717) is 26.3 Å². The fourth-order valence-corrected chi connectivity index (χ4v) is 3.29. The van der Waals surface area contributed by atoms with E-state index in [2.05, 4.69) is 15.0 Å². The van der Waals surface area contributed by atoms with Crippen molar-refractivity contribution in [2.75, 3.05) is 46.4 Å². The van der Waals surface area contributed by atoms with Gasteiger partial charge in [0.2, 0.25) is 0 Å². The largest absolute Gasteiger partial charge is 0.378 e. The van der Waals surface area contributed by atoms with Crippen LogP contribution in [0.3, 0.4) is 0 Å². The van der Waals surface area contributed by atoms with Crippen LogP contribution in [0.5, 0.6) is 0 Å². The number of ether oxygens (including phenoxy) is 1. The maximum absolute atomic E-state index is 12.6. The molecule has 8 nitrogen and oxygen atoms in total. The zero-order valence-corrected chi connectivity index (χ0v) is 14.0. The lowest BCUT2D eigenvalue weighted by atomic mass is 10.0. The van der Waals surface area contributed by atoms with Crippen LogP contribution in [-0.2, 0) is 18.3 Å². The van der Waals surface area contributed by atoms with Gasteiger partial charge in [0, 0.05) is 39.8 Å². The van der Waals surface area contributed by atoms with Crippen molar-refractivity contribution in [1.82, 2.24) is 29.5 Å². The molecule has 2 fully saturated rings. The minimum absolute atomic E-state index is 0.124. The third kappa shape index (κ3) is 3.81. The van der Waals surface area contributed by atoms with Crippen molar-refractivity contribution in [3.8, 4) is 0 Å². The molecule has 0 bridgehead atoms. The van der Waals surface area contributed by atoms with Crippen molar-refractivity contribution in [1.29, 1.82) is 0 Å². The number of aromatic nitrogens is 3. The molecule has 0 aromatic carbocycles. The Balaban J connectivity index is 1.56. The normalized spacial score (nSPS) is 23.0. The highest BCUT2D eigenvalue weighted by molar-refractivity contribution is 5.74. The molecule has 0 spiro atoms. The minimum Gasteiger partial charge on any atom is -0.378 e. The molecular formula is C15H26N6O2. The number of urea groups is 1. The fourth-order valence-electron chi connectivity index (χ4n) is 3.29. The Morgan fingerprint density at radius 1 is 1.39 bits per heavy atom.